The molecule has 170 valence electrons. The number of alkyl halides is 3. The summed E-state index contributed by atoms with van der Waals surface area (Å²) in [4.78, 5) is 38.2. The quantitative estimate of drug-likeness (QED) is 0.710. The van der Waals surface area contributed by atoms with Gasteiger partial charge in [0.15, 0.2) is 0 Å². The molecule has 7 nitrogen and oxygen atoms in total. The van der Waals surface area contributed by atoms with Crippen LogP contribution < -0.4 is 15.4 Å². The molecule has 0 radical (unpaired) electrons. The molecule has 2 N–H and O–H groups in total. The first-order chi connectivity index (χ1) is 15.2. The van der Waals surface area contributed by atoms with Crippen molar-refractivity contribution in [2.75, 3.05) is 20.1 Å². The van der Waals surface area contributed by atoms with Gasteiger partial charge in [0.25, 0.3) is 5.91 Å². The van der Waals surface area contributed by atoms with Crippen LogP contribution in [0.2, 0.25) is 0 Å². The first-order valence-corrected chi connectivity index (χ1v) is 9.93. The summed E-state index contributed by atoms with van der Waals surface area (Å²) in [6.07, 6.45) is -3.24. The van der Waals surface area contributed by atoms with E-state index in [1.165, 1.54) is 48.3 Å². The summed E-state index contributed by atoms with van der Waals surface area (Å²) in [6, 6.07) is 9.72. The van der Waals surface area contributed by atoms with E-state index in [0.29, 0.717) is 19.4 Å². The fourth-order valence-corrected chi connectivity index (χ4v) is 3.44. The molecule has 1 aliphatic heterocycles. The molecule has 0 spiro atoms. The predicted molar refractivity (Wildman–Crippen MR) is 109 cm³/mol. The Morgan fingerprint density at radius 3 is 2.47 bits per heavy atom. The van der Waals surface area contributed by atoms with Gasteiger partial charge in [0.2, 0.25) is 11.8 Å². The van der Waals surface area contributed by atoms with E-state index in [0.717, 1.165) is 12.1 Å². The largest absolute Gasteiger partial charge is 0.457 e. The van der Waals surface area contributed by atoms with E-state index in [2.05, 4.69) is 10.6 Å². The van der Waals surface area contributed by atoms with Gasteiger partial charge in [-0.15, -0.1) is 0 Å². The number of amides is 3. The normalized spacial score (nSPS) is 15.9. The summed E-state index contributed by atoms with van der Waals surface area (Å²) >= 11 is 0. The number of hydrogen-bond donors (Lipinski definition) is 2. The summed E-state index contributed by atoms with van der Waals surface area (Å²) in [6.45, 7) is 0.151. The lowest BCUT2D eigenvalue weighted by molar-refractivity contribution is -0.137. The Kier molecular flexibility index (Phi) is 7.01. The van der Waals surface area contributed by atoms with Crippen LogP contribution in [0.15, 0.2) is 48.5 Å². The number of hydrogen-bond acceptors (Lipinski definition) is 4. The lowest BCUT2D eigenvalue weighted by Gasteiger charge is -2.23. The molecule has 1 unspecified atom stereocenters. The molecule has 32 heavy (non-hydrogen) atoms. The maximum Gasteiger partial charge on any atom is 0.416 e. The maximum atomic E-state index is 12.9. The van der Waals surface area contributed by atoms with E-state index >= 15 is 0 Å². The minimum absolute atomic E-state index is 0.0261. The molecule has 0 saturated carbocycles. The van der Waals surface area contributed by atoms with Crippen LogP contribution in [0.3, 0.4) is 0 Å². The van der Waals surface area contributed by atoms with Crippen molar-refractivity contribution < 1.29 is 32.3 Å². The van der Waals surface area contributed by atoms with Gasteiger partial charge in [-0.05, 0) is 49.2 Å². The van der Waals surface area contributed by atoms with Gasteiger partial charge in [-0.3, -0.25) is 14.4 Å². The molecule has 0 aliphatic carbocycles. The van der Waals surface area contributed by atoms with Crippen LogP contribution >= 0.6 is 0 Å². The number of benzene rings is 2. The fraction of sp³-hybridized carbons (Fsp3) is 0.318. The van der Waals surface area contributed by atoms with Crippen LogP contribution in [-0.2, 0) is 15.8 Å². The van der Waals surface area contributed by atoms with Gasteiger partial charge in [0, 0.05) is 19.2 Å². The van der Waals surface area contributed by atoms with Crippen LogP contribution in [0.25, 0.3) is 0 Å². The van der Waals surface area contributed by atoms with Gasteiger partial charge in [0.1, 0.15) is 17.5 Å². The SMILES string of the molecule is CNC(=O)C1CCCN1C(=O)CNC(=O)c1cccc(Oc2cccc(C(F)(F)F)c2)c1. The van der Waals surface area contributed by atoms with Gasteiger partial charge in [0.05, 0.1) is 12.1 Å². The van der Waals surface area contributed by atoms with Gasteiger partial charge in [-0.2, -0.15) is 13.2 Å². The van der Waals surface area contributed by atoms with Crippen molar-refractivity contribution in [2.24, 2.45) is 0 Å². The third-order valence-corrected chi connectivity index (χ3v) is 5.02. The Bertz CT molecular complexity index is 1010. The van der Waals surface area contributed by atoms with E-state index in [1.54, 1.807) is 0 Å². The van der Waals surface area contributed by atoms with Crippen molar-refractivity contribution in [3.05, 3.63) is 59.7 Å². The van der Waals surface area contributed by atoms with Crippen molar-refractivity contribution >= 4 is 17.7 Å². The zero-order valence-corrected chi connectivity index (χ0v) is 17.2. The second-order valence-corrected chi connectivity index (χ2v) is 7.20. The maximum absolute atomic E-state index is 12.9. The second kappa shape index (κ2) is 9.71. The predicted octanol–water partition coefficient (Wildman–Crippen LogP) is 2.96. The average Bonchev–Trinajstić information content (AvgIpc) is 3.26. The highest BCUT2D eigenvalue weighted by atomic mass is 19.4. The number of nitrogens with zero attached hydrogens (tertiary/aromatic N) is 1. The third-order valence-electron chi connectivity index (χ3n) is 5.02. The monoisotopic (exact) mass is 449 g/mol. The summed E-state index contributed by atoms with van der Waals surface area (Å²) in [7, 11) is 1.50. The molecular formula is C22H22F3N3O4. The number of ether oxygens (including phenoxy) is 1. The van der Waals surface area contributed by atoms with Crippen molar-refractivity contribution in [2.45, 2.75) is 25.1 Å². The van der Waals surface area contributed by atoms with Crippen molar-refractivity contribution in [1.29, 1.82) is 0 Å². The van der Waals surface area contributed by atoms with Gasteiger partial charge in [-0.25, -0.2) is 0 Å². The van der Waals surface area contributed by atoms with E-state index in [1.807, 2.05) is 0 Å². The smallest absolute Gasteiger partial charge is 0.416 e. The molecule has 10 heteroatoms. The zero-order valence-electron chi connectivity index (χ0n) is 17.2. The Morgan fingerprint density at radius 2 is 1.78 bits per heavy atom. The van der Waals surface area contributed by atoms with E-state index in [4.69, 9.17) is 4.74 Å². The molecule has 1 aliphatic rings. The number of carbonyl (C=O) groups is 3. The fourth-order valence-electron chi connectivity index (χ4n) is 3.44. The van der Waals surface area contributed by atoms with E-state index < -0.39 is 23.7 Å². The molecule has 2 aromatic rings. The standard InChI is InChI=1S/C22H22F3N3O4/c1-26-21(31)18-9-4-10-28(18)19(29)13-27-20(30)14-5-2-7-16(11-14)32-17-8-3-6-15(12-17)22(23,24)25/h2-3,5-8,11-12,18H,4,9-10,13H2,1H3,(H,26,31)(H,27,30). The molecule has 1 saturated heterocycles. The highest BCUT2D eigenvalue weighted by Crippen LogP contribution is 2.32. The molecule has 3 amide bonds. The Labute approximate surface area is 182 Å². The van der Waals surface area contributed by atoms with Crippen molar-refractivity contribution in [3.63, 3.8) is 0 Å². The zero-order chi connectivity index (χ0) is 23.3. The summed E-state index contributed by atoms with van der Waals surface area (Å²) in [5, 5.41) is 5.03. The molecular weight excluding hydrogens is 427 g/mol. The van der Waals surface area contributed by atoms with Gasteiger partial charge < -0.3 is 20.3 Å². The second-order valence-electron chi connectivity index (χ2n) is 7.20. The molecule has 1 fully saturated rings. The van der Waals surface area contributed by atoms with E-state index in [9.17, 15) is 27.6 Å². The number of nitrogens with one attached hydrogen (secondary N) is 2. The molecule has 3 rings (SSSR count). The minimum Gasteiger partial charge on any atom is -0.457 e. The molecule has 0 bridgehead atoms. The Hall–Kier alpha value is -3.56. The number of likely N-dealkylation sites (tertiary alicyclic amines) is 1. The lowest BCUT2D eigenvalue weighted by atomic mass is 10.2. The minimum atomic E-state index is -4.50. The third kappa shape index (κ3) is 5.57. The van der Waals surface area contributed by atoms with Gasteiger partial charge in [-0.1, -0.05) is 12.1 Å². The first-order valence-electron chi connectivity index (χ1n) is 9.93. The lowest BCUT2D eigenvalue weighted by Crippen LogP contribution is -2.48. The Balaban J connectivity index is 1.62. The summed E-state index contributed by atoms with van der Waals surface area (Å²) in [5.74, 6) is -1.03. The summed E-state index contributed by atoms with van der Waals surface area (Å²) in [5.41, 5.74) is -0.675. The molecule has 1 heterocycles. The average molecular weight is 449 g/mol. The van der Waals surface area contributed by atoms with E-state index in [-0.39, 0.29) is 35.4 Å². The van der Waals surface area contributed by atoms with Gasteiger partial charge >= 0.3 is 6.18 Å². The van der Waals surface area contributed by atoms with Crippen LogP contribution in [0.1, 0.15) is 28.8 Å². The number of likely N-dealkylation sites (N-methyl/N-ethyl adjacent to an activating group) is 1. The Morgan fingerprint density at radius 1 is 1.09 bits per heavy atom. The highest BCUT2D eigenvalue weighted by molar-refractivity contribution is 5.97. The van der Waals surface area contributed by atoms with Crippen molar-refractivity contribution in [1.82, 2.24) is 15.5 Å². The summed E-state index contributed by atoms with van der Waals surface area (Å²) < 4.78 is 44.1. The number of halogens is 3. The van der Waals surface area contributed by atoms with Crippen molar-refractivity contribution in [3.8, 4) is 11.5 Å². The molecule has 2 aromatic carbocycles. The van der Waals surface area contributed by atoms with Crippen LogP contribution in [0.4, 0.5) is 13.2 Å². The van der Waals surface area contributed by atoms with Crippen LogP contribution in [-0.4, -0.2) is 48.8 Å². The van der Waals surface area contributed by atoms with Crippen LogP contribution in [0, 0.1) is 0 Å². The molecule has 0 aromatic heterocycles. The van der Waals surface area contributed by atoms with Crippen LogP contribution in [0.5, 0.6) is 11.5 Å². The topological polar surface area (TPSA) is 87.7 Å². The first kappa shape index (κ1) is 23.1. The highest BCUT2D eigenvalue weighted by Gasteiger charge is 2.33. The molecule has 1 atom stereocenters. The number of rotatable bonds is 6. The number of carbonyl (C=O) groups excluding carboxylic acids is 3.